The van der Waals surface area contributed by atoms with Gasteiger partial charge in [0.1, 0.15) is 22.3 Å². The summed E-state index contributed by atoms with van der Waals surface area (Å²) in [5.74, 6) is 1.07. The molecule has 1 amide bonds. The number of anilines is 1. The van der Waals surface area contributed by atoms with Gasteiger partial charge in [-0.25, -0.2) is 14.8 Å². The molecule has 1 aliphatic rings. The van der Waals surface area contributed by atoms with E-state index in [0.29, 0.717) is 37.5 Å². The van der Waals surface area contributed by atoms with Crippen LogP contribution in [0.25, 0.3) is 10.6 Å². The second-order valence-corrected chi connectivity index (χ2v) is 8.35. The van der Waals surface area contributed by atoms with Crippen molar-refractivity contribution in [3.8, 4) is 16.3 Å². The molecule has 0 radical (unpaired) electrons. The maximum Gasteiger partial charge on any atom is 0.339 e. The fourth-order valence-electron chi connectivity index (χ4n) is 3.74. The lowest BCUT2D eigenvalue weighted by molar-refractivity contribution is 0.0525. The Balaban J connectivity index is 1.41. The summed E-state index contributed by atoms with van der Waals surface area (Å²) in [7, 11) is 1.63. The molecule has 0 atom stereocenters. The van der Waals surface area contributed by atoms with Gasteiger partial charge in [0.25, 0.3) is 5.91 Å². The molecule has 0 spiro atoms. The predicted molar refractivity (Wildman–Crippen MR) is 127 cm³/mol. The van der Waals surface area contributed by atoms with Crippen molar-refractivity contribution in [3.05, 3.63) is 59.2 Å². The van der Waals surface area contributed by atoms with E-state index in [1.165, 1.54) is 17.5 Å². The van der Waals surface area contributed by atoms with Crippen molar-refractivity contribution >= 4 is 29.0 Å². The van der Waals surface area contributed by atoms with E-state index in [-0.39, 0.29) is 11.9 Å². The highest BCUT2D eigenvalue weighted by Crippen LogP contribution is 2.32. The second-order valence-electron chi connectivity index (χ2n) is 7.50. The molecule has 1 fully saturated rings. The van der Waals surface area contributed by atoms with Crippen molar-refractivity contribution in [1.82, 2.24) is 14.9 Å². The number of esters is 1. The zero-order valence-electron chi connectivity index (χ0n) is 18.7. The van der Waals surface area contributed by atoms with Crippen LogP contribution in [0.15, 0.2) is 48.0 Å². The molecular formula is C24H26N4O4S. The van der Waals surface area contributed by atoms with Crippen molar-refractivity contribution < 1.29 is 19.1 Å². The molecular weight excluding hydrogens is 440 g/mol. The molecule has 1 saturated heterocycles. The minimum Gasteiger partial charge on any atom is -0.496 e. The van der Waals surface area contributed by atoms with E-state index < -0.39 is 0 Å². The van der Waals surface area contributed by atoms with Gasteiger partial charge >= 0.3 is 5.97 Å². The Morgan fingerprint density at radius 2 is 1.94 bits per heavy atom. The van der Waals surface area contributed by atoms with E-state index in [1.807, 2.05) is 40.6 Å². The molecule has 4 rings (SSSR count). The standard InChI is InChI=1S/C24H26N4O4S/c1-3-32-24(30)17-9-10-21(25-15-17)27-11-6-12-28(14-13-27)23(29)19-16-33-22(26-19)18-7-4-5-8-20(18)31-2/h4-5,7-10,15-16H,3,6,11-14H2,1-2H3. The third-order valence-electron chi connectivity index (χ3n) is 5.43. The number of pyridine rings is 1. The Bertz CT molecular complexity index is 1120. The molecule has 9 heteroatoms. The molecule has 3 aromatic rings. The van der Waals surface area contributed by atoms with Crippen LogP contribution in [-0.2, 0) is 4.74 Å². The maximum absolute atomic E-state index is 13.1. The van der Waals surface area contributed by atoms with Crippen molar-refractivity contribution in [3.63, 3.8) is 0 Å². The summed E-state index contributed by atoms with van der Waals surface area (Å²) in [5.41, 5.74) is 1.76. The van der Waals surface area contributed by atoms with Gasteiger partial charge in [0.05, 0.1) is 24.8 Å². The maximum atomic E-state index is 13.1. The number of para-hydroxylation sites is 1. The lowest BCUT2D eigenvalue weighted by Crippen LogP contribution is -2.35. The number of methoxy groups -OCH3 is 1. The lowest BCUT2D eigenvalue weighted by Gasteiger charge is -2.22. The summed E-state index contributed by atoms with van der Waals surface area (Å²) < 4.78 is 10.4. The number of hydrogen-bond acceptors (Lipinski definition) is 8. The molecule has 1 aromatic carbocycles. The molecule has 2 aromatic heterocycles. The number of thiazole rings is 1. The molecule has 0 aliphatic carbocycles. The van der Waals surface area contributed by atoms with Crippen LogP contribution in [0.3, 0.4) is 0 Å². The van der Waals surface area contributed by atoms with Crippen LogP contribution in [0.4, 0.5) is 5.82 Å². The van der Waals surface area contributed by atoms with Gasteiger partial charge in [-0.05, 0) is 37.6 Å². The van der Waals surface area contributed by atoms with E-state index in [4.69, 9.17) is 9.47 Å². The Labute approximate surface area is 196 Å². The molecule has 8 nitrogen and oxygen atoms in total. The van der Waals surface area contributed by atoms with Gasteiger partial charge in [0, 0.05) is 37.8 Å². The van der Waals surface area contributed by atoms with Crippen molar-refractivity contribution in [2.75, 3.05) is 44.8 Å². The first-order chi connectivity index (χ1) is 16.1. The third kappa shape index (κ3) is 5.14. The van der Waals surface area contributed by atoms with Gasteiger partial charge in [-0.3, -0.25) is 4.79 Å². The van der Waals surface area contributed by atoms with Crippen LogP contribution in [0.5, 0.6) is 5.75 Å². The molecule has 1 aliphatic heterocycles. The van der Waals surface area contributed by atoms with Crippen molar-refractivity contribution in [2.45, 2.75) is 13.3 Å². The summed E-state index contributed by atoms with van der Waals surface area (Å²) >= 11 is 1.44. The highest BCUT2D eigenvalue weighted by atomic mass is 32.1. The van der Waals surface area contributed by atoms with Crippen molar-refractivity contribution in [2.24, 2.45) is 0 Å². The molecule has 172 valence electrons. The summed E-state index contributed by atoms with van der Waals surface area (Å²) in [4.78, 5) is 38.0. The minimum atomic E-state index is -0.375. The smallest absolute Gasteiger partial charge is 0.339 e. The second kappa shape index (κ2) is 10.4. The number of nitrogens with zero attached hydrogens (tertiary/aromatic N) is 4. The molecule has 0 N–H and O–H groups in total. The molecule has 3 heterocycles. The van der Waals surface area contributed by atoms with Gasteiger partial charge in [-0.15, -0.1) is 11.3 Å². The number of rotatable bonds is 6. The van der Waals surface area contributed by atoms with E-state index >= 15 is 0 Å². The first-order valence-corrected chi connectivity index (χ1v) is 11.7. The predicted octanol–water partition coefficient (Wildman–Crippen LogP) is 3.74. The van der Waals surface area contributed by atoms with Crippen LogP contribution in [0.2, 0.25) is 0 Å². The first-order valence-electron chi connectivity index (χ1n) is 10.9. The molecule has 0 bridgehead atoms. The average Bonchev–Trinajstić information content (AvgIpc) is 3.21. The van der Waals surface area contributed by atoms with E-state index in [1.54, 1.807) is 20.1 Å². The zero-order chi connectivity index (χ0) is 23.2. The van der Waals surface area contributed by atoms with Gasteiger partial charge in [0.2, 0.25) is 0 Å². The van der Waals surface area contributed by atoms with Crippen molar-refractivity contribution in [1.29, 1.82) is 0 Å². The number of aromatic nitrogens is 2. The van der Waals surface area contributed by atoms with Gasteiger partial charge in [0.15, 0.2) is 0 Å². The number of hydrogen-bond donors (Lipinski definition) is 0. The van der Waals surface area contributed by atoms with Crippen LogP contribution in [-0.4, -0.2) is 66.6 Å². The normalized spacial score (nSPS) is 14.0. The fourth-order valence-corrected chi connectivity index (χ4v) is 4.56. The summed E-state index contributed by atoms with van der Waals surface area (Å²) in [6.45, 7) is 4.75. The fraction of sp³-hybridized carbons (Fsp3) is 0.333. The largest absolute Gasteiger partial charge is 0.496 e. The Morgan fingerprint density at radius 3 is 2.70 bits per heavy atom. The monoisotopic (exact) mass is 466 g/mol. The minimum absolute atomic E-state index is 0.0696. The zero-order valence-corrected chi connectivity index (χ0v) is 19.5. The van der Waals surface area contributed by atoms with Crippen LogP contribution in [0, 0.1) is 0 Å². The highest BCUT2D eigenvalue weighted by molar-refractivity contribution is 7.13. The van der Waals surface area contributed by atoms with Crippen LogP contribution in [0.1, 0.15) is 34.2 Å². The Kier molecular flexibility index (Phi) is 7.19. The topological polar surface area (TPSA) is 84.9 Å². The van der Waals surface area contributed by atoms with E-state index in [9.17, 15) is 9.59 Å². The van der Waals surface area contributed by atoms with E-state index in [2.05, 4.69) is 14.9 Å². The first kappa shape index (κ1) is 22.7. The number of amides is 1. The molecule has 0 saturated carbocycles. The van der Waals surface area contributed by atoms with Crippen LogP contribution >= 0.6 is 11.3 Å². The van der Waals surface area contributed by atoms with Gasteiger partial charge in [-0.2, -0.15) is 0 Å². The summed E-state index contributed by atoms with van der Waals surface area (Å²) in [6, 6.07) is 11.2. The average molecular weight is 467 g/mol. The summed E-state index contributed by atoms with van der Waals surface area (Å²) in [6.07, 6.45) is 2.35. The lowest BCUT2D eigenvalue weighted by atomic mass is 10.2. The van der Waals surface area contributed by atoms with Crippen LogP contribution < -0.4 is 9.64 Å². The van der Waals surface area contributed by atoms with E-state index in [0.717, 1.165) is 35.1 Å². The quantitative estimate of drug-likeness (QED) is 0.512. The number of carbonyl (C=O) groups excluding carboxylic acids is 2. The van der Waals surface area contributed by atoms with Gasteiger partial charge < -0.3 is 19.3 Å². The number of carbonyl (C=O) groups is 2. The molecule has 0 unspecified atom stereocenters. The number of benzene rings is 1. The van der Waals surface area contributed by atoms with Gasteiger partial charge in [-0.1, -0.05) is 12.1 Å². The third-order valence-corrected chi connectivity index (χ3v) is 6.30. The SMILES string of the molecule is CCOC(=O)c1ccc(N2CCCN(C(=O)c3csc(-c4ccccc4OC)n3)CC2)nc1. The number of ether oxygens (including phenoxy) is 2. The summed E-state index contributed by atoms with van der Waals surface area (Å²) in [5, 5.41) is 2.57. The highest BCUT2D eigenvalue weighted by Gasteiger charge is 2.23. The Hall–Kier alpha value is -3.46. The molecule has 33 heavy (non-hydrogen) atoms. The Morgan fingerprint density at radius 1 is 1.09 bits per heavy atom.